The highest BCUT2D eigenvalue weighted by Crippen LogP contribution is 2.29. The molecule has 1 aliphatic carbocycles. The van der Waals surface area contributed by atoms with Gasteiger partial charge in [0.25, 0.3) is 5.91 Å². The van der Waals surface area contributed by atoms with Gasteiger partial charge in [0.2, 0.25) is 0 Å². The molecule has 4 nitrogen and oxygen atoms in total. The van der Waals surface area contributed by atoms with Gasteiger partial charge in [-0.2, -0.15) is 0 Å². The Hall–Kier alpha value is -1.40. The summed E-state index contributed by atoms with van der Waals surface area (Å²) >= 11 is 2.95. The van der Waals surface area contributed by atoms with E-state index in [4.69, 9.17) is 5.73 Å². The van der Waals surface area contributed by atoms with Crippen LogP contribution < -0.4 is 11.1 Å². The Morgan fingerprint density at radius 2 is 2.16 bits per heavy atom. The molecular weight excluding hydrogens is 278 g/mol. The first kappa shape index (κ1) is 12.6. The maximum absolute atomic E-state index is 12.2. The largest absolute Gasteiger partial charge is 0.375 e. The van der Waals surface area contributed by atoms with Crippen molar-refractivity contribution in [3.05, 3.63) is 32.5 Å². The molecule has 0 aromatic carbocycles. The third-order valence-corrected chi connectivity index (χ3v) is 5.10. The zero-order valence-electron chi connectivity index (χ0n) is 10.4. The predicted molar refractivity (Wildman–Crippen MR) is 78.7 cm³/mol. The van der Waals surface area contributed by atoms with Crippen LogP contribution in [0.15, 0.2) is 10.8 Å². The Morgan fingerprint density at radius 3 is 2.95 bits per heavy atom. The first-order valence-corrected chi connectivity index (χ1v) is 8.07. The molecule has 0 unspecified atom stereocenters. The van der Waals surface area contributed by atoms with Gasteiger partial charge in [-0.05, 0) is 42.2 Å². The second-order valence-electron chi connectivity index (χ2n) is 4.64. The highest BCUT2D eigenvalue weighted by Gasteiger charge is 2.20. The molecule has 3 rings (SSSR count). The molecule has 2 aromatic heterocycles. The number of nitrogens with zero attached hydrogens (tertiary/aromatic N) is 1. The highest BCUT2D eigenvalue weighted by atomic mass is 32.1. The number of rotatable bonds is 3. The van der Waals surface area contributed by atoms with Gasteiger partial charge in [-0.15, -0.1) is 22.7 Å². The average Bonchev–Trinajstić information content (AvgIpc) is 3.02. The van der Waals surface area contributed by atoms with Crippen LogP contribution in [0.3, 0.4) is 0 Å². The minimum absolute atomic E-state index is 0.0136. The number of hydrogen-bond donors (Lipinski definition) is 2. The fourth-order valence-electron chi connectivity index (χ4n) is 2.36. The number of amides is 1. The van der Waals surface area contributed by atoms with Gasteiger partial charge < -0.3 is 11.1 Å². The van der Waals surface area contributed by atoms with Crippen molar-refractivity contribution in [3.63, 3.8) is 0 Å². The number of hydrogen-bond acceptors (Lipinski definition) is 5. The number of nitrogen functional groups attached to an aromatic ring is 1. The van der Waals surface area contributed by atoms with E-state index < -0.39 is 0 Å². The third kappa shape index (κ3) is 2.64. The van der Waals surface area contributed by atoms with Crippen molar-refractivity contribution in [1.82, 2.24) is 10.3 Å². The molecule has 100 valence electrons. The van der Waals surface area contributed by atoms with Gasteiger partial charge in [0.05, 0.1) is 17.1 Å². The lowest BCUT2D eigenvalue weighted by Gasteiger charge is -2.12. The molecule has 0 saturated carbocycles. The third-order valence-electron chi connectivity index (χ3n) is 3.31. The Kier molecular flexibility index (Phi) is 3.52. The molecule has 0 aliphatic heterocycles. The van der Waals surface area contributed by atoms with Gasteiger partial charge in [-0.3, -0.25) is 4.79 Å². The average molecular weight is 293 g/mol. The molecule has 0 atom stereocenters. The molecule has 1 aliphatic rings. The lowest BCUT2D eigenvalue weighted by Crippen LogP contribution is -2.23. The van der Waals surface area contributed by atoms with Gasteiger partial charge in [-0.1, -0.05) is 0 Å². The van der Waals surface area contributed by atoms with Crippen LogP contribution >= 0.6 is 22.7 Å². The summed E-state index contributed by atoms with van der Waals surface area (Å²) in [6, 6.07) is 0. The van der Waals surface area contributed by atoms with Crippen LogP contribution in [0.2, 0.25) is 0 Å². The molecule has 1 amide bonds. The van der Waals surface area contributed by atoms with E-state index in [0.29, 0.717) is 11.7 Å². The van der Waals surface area contributed by atoms with Crippen LogP contribution in [0.4, 0.5) is 5.13 Å². The summed E-state index contributed by atoms with van der Waals surface area (Å²) in [5.74, 6) is 0.0136. The number of nitrogens with one attached hydrogen (secondary N) is 1. The summed E-state index contributed by atoms with van der Waals surface area (Å²) in [6.45, 7) is 0.444. The van der Waals surface area contributed by atoms with E-state index in [1.807, 2.05) is 5.38 Å². The molecule has 2 aromatic rings. The summed E-state index contributed by atoms with van der Waals surface area (Å²) < 4.78 is 0. The lowest BCUT2D eigenvalue weighted by molar-refractivity contribution is 0.0953. The molecule has 0 fully saturated rings. The number of anilines is 1. The molecule has 3 N–H and O–H groups in total. The van der Waals surface area contributed by atoms with Gasteiger partial charge >= 0.3 is 0 Å². The normalized spacial score (nSPS) is 14.1. The summed E-state index contributed by atoms with van der Waals surface area (Å²) in [5, 5.41) is 7.47. The van der Waals surface area contributed by atoms with Crippen LogP contribution in [0.1, 0.15) is 39.3 Å². The number of carbonyl (C=O) groups is 1. The molecule has 0 spiro atoms. The molecule has 0 saturated heterocycles. The summed E-state index contributed by atoms with van der Waals surface area (Å²) in [4.78, 5) is 17.2. The maximum atomic E-state index is 12.2. The first-order chi connectivity index (χ1) is 9.24. The van der Waals surface area contributed by atoms with Crippen molar-refractivity contribution in [2.45, 2.75) is 32.2 Å². The Balaban J connectivity index is 1.69. The number of nitrogens with two attached hydrogens (primary N) is 1. The Labute approximate surface area is 119 Å². The van der Waals surface area contributed by atoms with Crippen LogP contribution in [0.5, 0.6) is 0 Å². The number of thiazole rings is 1. The Bertz CT molecular complexity index is 603. The fourth-order valence-corrected chi connectivity index (χ4v) is 4.00. The summed E-state index contributed by atoms with van der Waals surface area (Å²) in [7, 11) is 0. The minimum Gasteiger partial charge on any atom is -0.375 e. The standard InChI is InChI=1S/C13H15N3OS2/c14-13-16-9(7-19-13)5-15-12(17)11-10-4-2-1-3-8(10)6-18-11/h6-7H,1-5H2,(H2,14,16)(H,15,17). The molecule has 2 heterocycles. The predicted octanol–water partition coefficient (Wildman–Crippen LogP) is 2.60. The van der Waals surface area contributed by atoms with Crippen molar-refractivity contribution in [1.29, 1.82) is 0 Å². The van der Waals surface area contributed by atoms with Gasteiger partial charge in [0.15, 0.2) is 5.13 Å². The maximum Gasteiger partial charge on any atom is 0.261 e. The SMILES string of the molecule is Nc1nc(CNC(=O)c2scc3c2CCCC3)cs1. The zero-order valence-corrected chi connectivity index (χ0v) is 12.1. The minimum atomic E-state index is 0.0136. The van der Waals surface area contributed by atoms with E-state index in [9.17, 15) is 4.79 Å². The number of fused-ring (bicyclic) bond motifs is 1. The van der Waals surface area contributed by atoms with E-state index >= 15 is 0 Å². The van der Waals surface area contributed by atoms with Crippen LogP contribution in [-0.4, -0.2) is 10.9 Å². The second-order valence-corrected chi connectivity index (χ2v) is 6.40. The van der Waals surface area contributed by atoms with Gasteiger partial charge in [0.1, 0.15) is 0 Å². The number of aromatic nitrogens is 1. The van der Waals surface area contributed by atoms with E-state index in [-0.39, 0.29) is 5.91 Å². The number of carbonyl (C=O) groups excluding carboxylic acids is 1. The first-order valence-electron chi connectivity index (χ1n) is 6.31. The molecule has 19 heavy (non-hydrogen) atoms. The van der Waals surface area contributed by atoms with E-state index in [1.54, 1.807) is 11.3 Å². The van der Waals surface area contributed by atoms with E-state index in [0.717, 1.165) is 23.4 Å². The highest BCUT2D eigenvalue weighted by molar-refractivity contribution is 7.13. The van der Waals surface area contributed by atoms with Crippen molar-refractivity contribution < 1.29 is 4.79 Å². The fraction of sp³-hybridized carbons (Fsp3) is 0.385. The van der Waals surface area contributed by atoms with Crippen molar-refractivity contribution in [2.24, 2.45) is 0 Å². The topological polar surface area (TPSA) is 68.0 Å². The van der Waals surface area contributed by atoms with Gasteiger partial charge in [0, 0.05) is 5.38 Å². The molecular formula is C13H15N3OS2. The smallest absolute Gasteiger partial charge is 0.261 e. The quantitative estimate of drug-likeness (QED) is 0.914. The second kappa shape index (κ2) is 5.30. The summed E-state index contributed by atoms with van der Waals surface area (Å²) in [5.41, 5.74) is 9.00. The number of aryl methyl sites for hydroxylation is 1. The van der Waals surface area contributed by atoms with Crippen molar-refractivity contribution in [2.75, 3.05) is 5.73 Å². The zero-order chi connectivity index (χ0) is 13.2. The van der Waals surface area contributed by atoms with E-state index in [1.165, 1.54) is 35.3 Å². The van der Waals surface area contributed by atoms with Crippen molar-refractivity contribution in [3.8, 4) is 0 Å². The molecule has 0 bridgehead atoms. The van der Waals surface area contributed by atoms with Gasteiger partial charge in [-0.25, -0.2) is 4.98 Å². The Morgan fingerprint density at radius 1 is 1.32 bits per heavy atom. The molecule has 6 heteroatoms. The molecule has 0 radical (unpaired) electrons. The monoisotopic (exact) mass is 293 g/mol. The van der Waals surface area contributed by atoms with E-state index in [2.05, 4.69) is 15.7 Å². The van der Waals surface area contributed by atoms with Crippen LogP contribution in [0.25, 0.3) is 0 Å². The number of thiophene rings is 1. The van der Waals surface area contributed by atoms with Crippen LogP contribution in [0, 0.1) is 0 Å². The van der Waals surface area contributed by atoms with Crippen LogP contribution in [-0.2, 0) is 19.4 Å². The van der Waals surface area contributed by atoms with Crippen molar-refractivity contribution >= 4 is 33.7 Å². The lowest BCUT2D eigenvalue weighted by atomic mass is 9.94. The summed E-state index contributed by atoms with van der Waals surface area (Å²) in [6.07, 6.45) is 4.57.